The van der Waals surface area contributed by atoms with Gasteiger partial charge in [-0.15, -0.1) is 0 Å². The number of ether oxygens (including phenoxy) is 14. The zero-order valence-corrected chi connectivity index (χ0v) is 56.5. The maximum absolute atomic E-state index is 14.1. The van der Waals surface area contributed by atoms with Crippen molar-refractivity contribution >= 4 is 30.0 Å². The van der Waals surface area contributed by atoms with E-state index in [9.17, 15) is 54.9 Å². The van der Waals surface area contributed by atoms with Crippen molar-refractivity contribution in [1.82, 2.24) is 0 Å². The van der Waals surface area contributed by atoms with Gasteiger partial charge in [-0.3, -0.25) is 14.4 Å². The van der Waals surface area contributed by atoms with Crippen LogP contribution in [0.2, 0.25) is 0 Å². The highest BCUT2D eigenvalue weighted by Gasteiger charge is 2.59. The standard InChI is InChI=1S/C69H110O25/c1-10-12-14-15-17-21-28-34-46(70)87-56-41(7)83-67(60(54(56)78)89-48(72)37-36-44-30-25-23-26-31-44)92-58-43(9)85-69(63(90-64(80)38(3)4)62(58)94-65-53(77)51(75)49(73)39(5)81-65)91-57-42(8)84-68-61(55(57)79)88-47(71)35-29-22-19-16-18-20-27-33-45(32-24-13-11-2)86-66-59(93-68)52(76)50(74)40(6)82-66/h23,25-26,30-31,36-43,45,49-63,65-69,73-79H,10-22,24,27-29,32-35H2,1-9H3/t39-,40+,41-,42-,43-,45-,49-,50-,51+,52-,53+,54+,55+,56-,57-,58-,59+,60+,61+,62+,63+,65-,66-,67-,68-,69-/m0/s1. The Kier molecular flexibility index (Phi) is 31.7. The summed E-state index contributed by atoms with van der Waals surface area (Å²) in [5, 5.41) is 81.6. The molecule has 0 spiro atoms. The lowest BCUT2D eigenvalue weighted by Crippen LogP contribution is -2.68. The summed E-state index contributed by atoms with van der Waals surface area (Å²) < 4.78 is 89.3. The van der Waals surface area contributed by atoms with Crippen molar-refractivity contribution in [1.29, 1.82) is 0 Å². The summed E-state index contributed by atoms with van der Waals surface area (Å²) in [5.41, 5.74) is 0.646. The van der Waals surface area contributed by atoms with E-state index < -0.39 is 183 Å². The number of aliphatic hydroxyl groups is 7. The average molecular weight is 1340 g/mol. The van der Waals surface area contributed by atoms with Crippen molar-refractivity contribution in [3.8, 4) is 0 Å². The van der Waals surface area contributed by atoms with E-state index in [-0.39, 0.29) is 18.9 Å². The van der Waals surface area contributed by atoms with Crippen molar-refractivity contribution in [3.05, 3.63) is 42.0 Å². The van der Waals surface area contributed by atoms with Crippen molar-refractivity contribution < 1.29 is 121 Å². The van der Waals surface area contributed by atoms with Crippen LogP contribution in [0.25, 0.3) is 6.08 Å². The van der Waals surface area contributed by atoms with Gasteiger partial charge in [0, 0.05) is 18.9 Å². The number of aliphatic hydroxyl groups excluding tert-OH is 7. The summed E-state index contributed by atoms with van der Waals surface area (Å²) in [5.74, 6) is -3.96. The number of unbranched alkanes of at least 4 members (excludes halogenated alkanes) is 8. The topological polar surface area (TPSA) is 339 Å². The maximum Gasteiger partial charge on any atom is 0.331 e. The first-order chi connectivity index (χ1) is 45.0. The molecule has 0 amide bonds. The Morgan fingerprint density at radius 3 is 1.74 bits per heavy atom. The van der Waals surface area contributed by atoms with Crippen LogP contribution >= 0.6 is 0 Å². The Morgan fingerprint density at radius 2 is 1.05 bits per heavy atom. The van der Waals surface area contributed by atoms with Gasteiger partial charge in [0.25, 0.3) is 0 Å². The lowest BCUT2D eigenvalue weighted by atomic mass is 9.95. The number of benzene rings is 1. The van der Waals surface area contributed by atoms with Gasteiger partial charge >= 0.3 is 23.9 Å². The Balaban J connectivity index is 1.22. The summed E-state index contributed by atoms with van der Waals surface area (Å²) in [7, 11) is 0. The predicted molar refractivity (Wildman–Crippen MR) is 336 cm³/mol. The third-order valence-corrected chi connectivity index (χ3v) is 18.6. The number of carbonyl (C=O) groups is 4. The van der Waals surface area contributed by atoms with E-state index in [0.717, 1.165) is 102 Å². The van der Waals surface area contributed by atoms with Gasteiger partial charge in [-0.2, -0.15) is 0 Å². The molecular formula is C69H110O25. The second kappa shape index (κ2) is 38.5. The summed E-state index contributed by atoms with van der Waals surface area (Å²) in [4.78, 5) is 55.4. The second-order valence-corrected chi connectivity index (χ2v) is 26.6. The summed E-state index contributed by atoms with van der Waals surface area (Å²) in [6.07, 6.45) is -19.9. The molecule has 6 aliphatic heterocycles. The molecule has 94 heavy (non-hydrogen) atoms. The molecule has 6 heterocycles. The van der Waals surface area contributed by atoms with E-state index in [1.807, 2.05) is 0 Å². The number of rotatable bonds is 24. The predicted octanol–water partition coefficient (Wildman–Crippen LogP) is 6.42. The molecule has 0 aromatic heterocycles. The minimum atomic E-state index is -1.95. The molecule has 6 fully saturated rings. The fraction of sp³-hybridized carbons (Fsp3) is 0.826. The summed E-state index contributed by atoms with van der Waals surface area (Å²) in [6.45, 7) is 14.9. The van der Waals surface area contributed by atoms with Crippen LogP contribution in [-0.2, 0) is 85.5 Å². The lowest BCUT2D eigenvalue weighted by Gasteiger charge is -2.51. The first-order valence-corrected chi connectivity index (χ1v) is 34.9. The first-order valence-electron chi connectivity index (χ1n) is 34.9. The minimum absolute atomic E-state index is 0.0417. The Hall–Kier alpha value is -3.84. The zero-order valence-electron chi connectivity index (χ0n) is 56.5. The summed E-state index contributed by atoms with van der Waals surface area (Å²) in [6, 6.07) is 8.85. The average Bonchev–Trinajstić information content (AvgIpc) is 0.787. The molecule has 0 bridgehead atoms. The maximum atomic E-state index is 14.1. The number of carbonyl (C=O) groups excluding carboxylic acids is 4. The van der Waals surface area contributed by atoms with Crippen molar-refractivity contribution in [3.63, 3.8) is 0 Å². The lowest BCUT2D eigenvalue weighted by molar-refractivity contribution is -0.399. The molecule has 25 nitrogen and oxygen atoms in total. The van der Waals surface area contributed by atoms with Crippen molar-refractivity contribution in [2.24, 2.45) is 5.92 Å². The van der Waals surface area contributed by atoms with Gasteiger partial charge in [0.15, 0.2) is 55.9 Å². The van der Waals surface area contributed by atoms with E-state index in [1.54, 1.807) is 51.1 Å². The Labute approximate surface area is 553 Å². The Morgan fingerprint density at radius 1 is 0.500 bits per heavy atom. The largest absolute Gasteiger partial charge is 0.457 e. The smallest absolute Gasteiger partial charge is 0.331 e. The van der Waals surface area contributed by atoms with Gasteiger partial charge in [-0.25, -0.2) is 4.79 Å². The number of hydrogen-bond donors (Lipinski definition) is 7. The molecule has 0 saturated carbocycles. The molecule has 7 rings (SSSR count). The highest BCUT2D eigenvalue weighted by Crippen LogP contribution is 2.40. The fourth-order valence-corrected chi connectivity index (χ4v) is 12.8. The molecule has 26 atom stereocenters. The quantitative estimate of drug-likeness (QED) is 0.0254. The van der Waals surface area contributed by atoms with Gasteiger partial charge in [0.2, 0.25) is 0 Å². The molecule has 0 aliphatic carbocycles. The molecule has 7 N–H and O–H groups in total. The first kappa shape index (κ1) is 77.5. The summed E-state index contributed by atoms with van der Waals surface area (Å²) >= 11 is 0. The zero-order chi connectivity index (χ0) is 68.2. The van der Waals surface area contributed by atoms with E-state index in [4.69, 9.17) is 66.3 Å². The molecule has 6 aliphatic rings. The van der Waals surface area contributed by atoms with Crippen LogP contribution in [0.4, 0.5) is 0 Å². The van der Waals surface area contributed by atoms with Crippen LogP contribution in [0.3, 0.4) is 0 Å². The highest BCUT2D eigenvalue weighted by molar-refractivity contribution is 5.87. The van der Waals surface area contributed by atoms with Gasteiger partial charge in [0.1, 0.15) is 67.1 Å². The van der Waals surface area contributed by atoms with E-state index in [1.165, 1.54) is 33.8 Å². The van der Waals surface area contributed by atoms with Crippen LogP contribution < -0.4 is 0 Å². The van der Waals surface area contributed by atoms with Crippen molar-refractivity contribution in [2.75, 3.05) is 0 Å². The van der Waals surface area contributed by atoms with Gasteiger partial charge in [-0.1, -0.05) is 154 Å². The third kappa shape index (κ3) is 21.8. The molecule has 25 heteroatoms. The van der Waals surface area contributed by atoms with Crippen LogP contribution in [0.5, 0.6) is 0 Å². The van der Waals surface area contributed by atoms with Crippen LogP contribution in [0, 0.1) is 5.92 Å². The van der Waals surface area contributed by atoms with E-state index >= 15 is 0 Å². The molecule has 1 aromatic rings. The number of fused-ring (bicyclic) bond motifs is 2. The van der Waals surface area contributed by atoms with Gasteiger partial charge < -0.3 is 102 Å². The number of esters is 4. The monoisotopic (exact) mass is 1340 g/mol. The molecule has 1 aromatic carbocycles. The van der Waals surface area contributed by atoms with Crippen LogP contribution in [0.1, 0.15) is 203 Å². The van der Waals surface area contributed by atoms with Crippen molar-refractivity contribution in [2.45, 2.75) is 357 Å². The van der Waals surface area contributed by atoms with Crippen LogP contribution in [-0.4, -0.2) is 219 Å². The second-order valence-electron chi connectivity index (χ2n) is 26.6. The van der Waals surface area contributed by atoms with Gasteiger partial charge in [-0.05, 0) is 71.9 Å². The molecule has 536 valence electrons. The SMILES string of the molecule is CCCCCCCCCC(=O)O[C@@H]1[C@@H](O)[C@@H](OC(=O)C=Cc2ccccc2)[C@H](O[C@@H]2[C@@H](O[C@@H]3O[C@@H](C)[C@H](O)[C@@H](O)[C@H]3O)[C@@H](OC(=O)C(C)C)[C@H](O[C@@H]3[C@@H](O)[C@H]4OC(=O)CCCCCCCCC[C@H](CCCCC)O[C@@H]5O[C@H](C)[C@H](O)[C@H](O)[C@H]5O[C@@H]4O[C@H]3C)O[C@H]2C)O[C@H]1C. The molecule has 6 saturated heterocycles. The molecular weight excluding hydrogens is 1230 g/mol. The fourth-order valence-electron chi connectivity index (χ4n) is 12.8. The minimum Gasteiger partial charge on any atom is -0.457 e. The Bertz CT molecular complexity index is 2440. The van der Waals surface area contributed by atoms with E-state index in [2.05, 4.69) is 13.8 Å². The normalized spacial score (nSPS) is 39.1. The third-order valence-electron chi connectivity index (χ3n) is 18.6. The highest BCUT2D eigenvalue weighted by atomic mass is 16.8. The molecule has 0 radical (unpaired) electrons. The van der Waals surface area contributed by atoms with E-state index in [0.29, 0.717) is 31.2 Å². The van der Waals surface area contributed by atoms with Crippen LogP contribution in [0.15, 0.2) is 36.4 Å². The molecule has 0 unspecified atom stereocenters. The van der Waals surface area contributed by atoms with Gasteiger partial charge in [0.05, 0.1) is 42.5 Å². The number of hydrogen-bond acceptors (Lipinski definition) is 25.